The van der Waals surface area contributed by atoms with Crippen LogP contribution < -0.4 is 5.32 Å². The number of hydrogen-bond acceptors (Lipinski definition) is 4. The third kappa shape index (κ3) is 3.68. The summed E-state index contributed by atoms with van der Waals surface area (Å²) in [7, 11) is 0. The van der Waals surface area contributed by atoms with E-state index in [0.29, 0.717) is 25.1 Å². The minimum Gasteiger partial charge on any atom is -0.361 e. The van der Waals surface area contributed by atoms with Crippen molar-refractivity contribution in [1.82, 2.24) is 20.2 Å². The highest BCUT2D eigenvalue weighted by Crippen LogP contribution is 2.32. The average molecular weight is 419 g/mol. The highest BCUT2D eigenvalue weighted by molar-refractivity contribution is 7.21. The molecule has 4 aromatic rings. The molecule has 7 heteroatoms. The molecule has 1 saturated heterocycles. The fraction of sp³-hybridized carbons (Fsp3) is 0.261. The van der Waals surface area contributed by atoms with Crippen LogP contribution in [0.4, 0.5) is 0 Å². The molecule has 2 N–H and O–H groups in total. The number of aromatic nitrogens is 2. The zero-order chi connectivity index (χ0) is 20.5. The lowest BCUT2D eigenvalue weighted by Gasteiger charge is -2.15. The number of rotatable bonds is 6. The Balaban J connectivity index is 1.26. The van der Waals surface area contributed by atoms with Crippen molar-refractivity contribution < 1.29 is 9.59 Å². The van der Waals surface area contributed by atoms with Gasteiger partial charge in [0.15, 0.2) is 0 Å². The quantitative estimate of drug-likeness (QED) is 0.461. The highest BCUT2D eigenvalue weighted by atomic mass is 32.1. The monoisotopic (exact) mass is 418 g/mol. The number of nitrogens with zero attached hydrogens (tertiary/aromatic N) is 2. The van der Waals surface area contributed by atoms with Crippen LogP contribution in [-0.2, 0) is 4.79 Å². The van der Waals surface area contributed by atoms with E-state index >= 15 is 0 Å². The second kappa shape index (κ2) is 7.91. The topological polar surface area (TPSA) is 78.1 Å². The predicted molar refractivity (Wildman–Crippen MR) is 120 cm³/mol. The maximum atomic E-state index is 12.5. The number of amides is 2. The molecule has 0 radical (unpaired) electrons. The molecule has 0 spiro atoms. The zero-order valence-corrected chi connectivity index (χ0v) is 17.3. The second-order valence-electron chi connectivity index (χ2n) is 7.58. The molecule has 0 atom stereocenters. The lowest BCUT2D eigenvalue weighted by atomic mass is 10.1. The van der Waals surface area contributed by atoms with E-state index in [0.717, 1.165) is 51.1 Å². The number of carbonyl (C=O) groups is 2. The highest BCUT2D eigenvalue weighted by Gasteiger charge is 2.19. The average Bonchev–Trinajstić information content (AvgIpc) is 3.49. The van der Waals surface area contributed by atoms with Gasteiger partial charge in [-0.2, -0.15) is 0 Å². The second-order valence-corrected chi connectivity index (χ2v) is 8.61. The van der Waals surface area contributed by atoms with Crippen molar-refractivity contribution >= 4 is 44.3 Å². The van der Waals surface area contributed by atoms with Gasteiger partial charge in [0.1, 0.15) is 5.01 Å². The molecule has 0 saturated carbocycles. The fourth-order valence-electron chi connectivity index (χ4n) is 3.89. The Bertz CT molecular complexity index is 1240. The van der Waals surface area contributed by atoms with Gasteiger partial charge in [-0.1, -0.05) is 0 Å². The number of fused-ring (bicyclic) bond motifs is 2. The molecule has 1 aliphatic rings. The smallest absolute Gasteiger partial charge is 0.251 e. The van der Waals surface area contributed by atoms with Gasteiger partial charge in [0, 0.05) is 54.3 Å². The van der Waals surface area contributed by atoms with Gasteiger partial charge in [0.05, 0.1) is 10.2 Å². The van der Waals surface area contributed by atoms with Crippen molar-refractivity contribution in [1.29, 1.82) is 0 Å². The van der Waals surface area contributed by atoms with Gasteiger partial charge in [-0.05, 0) is 55.3 Å². The Labute approximate surface area is 177 Å². The molecule has 0 bridgehead atoms. The summed E-state index contributed by atoms with van der Waals surface area (Å²) in [6.07, 6.45) is 4.30. The number of likely N-dealkylation sites (tertiary alicyclic amines) is 1. The van der Waals surface area contributed by atoms with Crippen molar-refractivity contribution in [3.05, 3.63) is 54.2 Å². The van der Waals surface area contributed by atoms with Gasteiger partial charge < -0.3 is 15.2 Å². The van der Waals surface area contributed by atoms with Gasteiger partial charge in [0.2, 0.25) is 5.91 Å². The van der Waals surface area contributed by atoms with Crippen LogP contribution >= 0.6 is 11.3 Å². The molecule has 6 nitrogen and oxygen atoms in total. The fourth-order valence-corrected chi connectivity index (χ4v) is 4.89. The summed E-state index contributed by atoms with van der Waals surface area (Å²) < 4.78 is 0.995. The summed E-state index contributed by atoms with van der Waals surface area (Å²) in [6.45, 7) is 2.11. The molecular weight excluding hydrogens is 396 g/mol. The molecule has 0 unspecified atom stereocenters. The lowest BCUT2D eigenvalue weighted by molar-refractivity contribution is -0.127. The van der Waals surface area contributed by atoms with Gasteiger partial charge in [-0.15, -0.1) is 11.3 Å². The number of aromatic amines is 1. The van der Waals surface area contributed by atoms with Crippen LogP contribution in [0, 0.1) is 0 Å². The Morgan fingerprint density at radius 3 is 3.00 bits per heavy atom. The molecule has 3 heterocycles. The van der Waals surface area contributed by atoms with Crippen molar-refractivity contribution in [2.24, 2.45) is 0 Å². The SMILES string of the molecule is O=C(NCCCN1CCCC1=O)c1ccc2nc(-c3ccc4[nH]ccc4c3)sc2c1. The molecule has 2 amide bonds. The molecule has 1 fully saturated rings. The molecule has 5 rings (SSSR count). The number of thiazole rings is 1. The van der Waals surface area contributed by atoms with Crippen LogP contribution in [-0.4, -0.2) is 46.3 Å². The lowest BCUT2D eigenvalue weighted by Crippen LogP contribution is -2.30. The van der Waals surface area contributed by atoms with Crippen molar-refractivity contribution in [2.45, 2.75) is 19.3 Å². The largest absolute Gasteiger partial charge is 0.361 e. The summed E-state index contributed by atoms with van der Waals surface area (Å²) in [5.41, 5.74) is 3.71. The number of nitrogens with one attached hydrogen (secondary N) is 2. The standard InChI is InChI=1S/C23H22N4O2S/c28-21-3-1-11-27(21)12-2-9-25-22(29)16-4-7-19-20(14-16)30-23(26-19)17-5-6-18-15(13-17)8-10-24-18/h4-8,10,13-14,24H,1-3,9,11-12H2,(H,25,29). The molecule has 30 heavy (non-hydrogen) atoms. The van der Waals surface area contributed by atoms with Crippen molar-refractivity contribution in [3.8, 4) is 10.6 Å². The Kier molecular flexibility index (Phi) is 4.96. The molecule has 1 aliphatic heterocycles. The van der Waals surface area contributed by atoms with Crippen LogP contribution in [0.1, 0.15) is 29.6 Å². The first kappa shape index (κ1) is 18.8. The van der Waals surface area contributed by atoms with E-state index in [2.05, 4.69) is 28.5 Å². The maximum absolute atomic E-state index is 12.5. The van der Waals surface area contributed by atoms with Crippen LogP contribution in [0.15, 0.2) is 48.7 Å². The van der Waals surface area contributed by atoms with E-state index in [1.165, 1.54) is 0 Å². The Hall–Kier alpha value is -3.19. The third-order valence-electron chi connectivity index (χ3n) is 5.51. The van der Waals surface area contributed by atoms with Crippen molar-refractivity contribution in [2.75, 3.05) is 19.6 Å². The van der Waals surface area contributed by atoms with Gasteiger partial charge in [0.25, 0.3) is 5.91 Å². The Morgan fingerprint density at radius 1 is 1.20 bits per heavy atom. The van der Waals surface area contributed by atoms with E-state index in [9.17, 15) is 9.59 Å². The zero-order valence-electron chi connectivity index (χ0n) is 16.5. The summed E-state index contributed by atoms with van der Waals surface area (Å²) in [6, 6.07) is 13.9. The normalized spacial score (nSPS) is 14.1. The summed E-state index contributed by atoms with van der Waals surface area (Å²) in [5.74, 6) is 0.136. The van der Waals surface area contributed by atoms with E-state index in [1.807, 2.05) is 35.4 Å². The van der Waals surface area contributed by atoms with Gasteiger partial charge in [-0.25, -0.2) is 4.98 Å². The summed E-state index contributed by atoms with van der Waals surface area (Å²) in [4.78, 5) is 34.0. The first-order chi connectivity index (χ1) is 14.7. The predicted octanol–water partition coefficient (Wildman–Crippen LogP) is 4.19. The van der Waals surface area contributed by atoms with E-state index in [4.69, 9.17) is 4.98 Å². The van der Waals surface area contributed by atoms with E-state index in [-0.39, 0.29) is 11.8 Å². The van der Waals surface area contributed by atoms with Gasteiger partial charge >= 0.3 is 0 Å². The number of benzene rings is 2. The first-order valence-corrected chi connectivity index (χ1v) is 11.0. The number of carbonyl (C=O) groups excluding carboxylic acids is 2. The van der Waals surface area contributed by atoms with Crippen LogP contribution in [0.5, 0.6) is 0 Å². The maximum Gasteiger partial charge on any atom is 0.251 e. The van der Waals surface area contributed by atoms with Crippen LogP contribution in [0.3, 0.4) is 0 Å². The minimum atomic E-state index is -0.0895. The van der Waals surface area contributed by atoms with E-state index in [1.54, 1.807) is 11.3 Å². The Morgan fingerprint density at radius 2 is 2.13 bits per heavy atom. The summed E-state index contributed by atoms with van der Waals surface area (Å²) in [5, 5.41) is 5.06. The molecule has 152 valence electrons. The minimum absolute atomic E-state index is 0.0895. The molecule has 2 aromatic carbocycles. The summed E-state index contributed by atoms with van der Waals surface area (Å²) >= 11 is 1.59. The number of H-pyrrole nitrogens is 1. The van der Waals surface area contributed by atoms with Crippen LogP contribution in [0.2, 0.25) is 0 Å². The van der Waals surface area contributed by atoms with E-state index < -0.39 is 0 Å². The molecular formula is C23H22N4O2S. The van der Waals surface area contributed by atoms with Crippen LogP contribution in [0.25, 0.3) is 31.7 Å². The molecule has 0 aliphatic carbocycles. The van der Waals surface area contributed by atoms with Crippen molar-refractivity contribution in [3.63, 3.8) is 0 Å². The third-order valence-corrected chi connectivity index (χ3v) is 6.58. The van der Waals surface area contributed by atoms with Gasteiger partial charge in [-0.3, -0.25) is 9.59 Å². The molecule has 2 aromatic heterocycles. The number of hydrogen-bond donors (Lipinski definition) is 2. The first-order valence-electron chi connectivity index (χ1n) is 10.2.